The molecule has 28 heavy (non-hydrogen) atoms. The Morgan fingerprint density at radius 1 is 1.25 bits per heavy atom. The van der Waals surface area contributed by atoms with E-state index in [1.165, 1.54) is 5.56 Å². The minimum Gasteiger partial charge on any atom is -0.381 e. The number of ether oxygens (including phenoxy) is 2. The summed E-state index contributed by atoms with van der Waals surface area (Å²) in [5, 5.41) is 7.53. The van der Waals surface area contributed by atoms with Crippen LogP contribution in [0.1, 0.15) is 30.9 Å². The Bertz CT molecular complexity index is 574. The van der Waals surface area contributed by atoms with Crippen molar-refractivity contribution in [3.63, 3.8) is 0 Å². The molecule has 1 aromatic rings. The average molecular weight is 411 g/mol. The predicted octanol–water partition coefficient (Wildman–Crippen LogP) is 2.94. The number of rotatable bonds is 10. The first-order valence-corrected chi connectivity index (χ1v) is 10.5. The average Bonchev–Trinajstić information content (AvgIpc) is 2.71. The van der Waals surface area contributed by atoms with Crippen molar-refractivity contribution < 1.29 is 9.47 Å². The molecular weight excluding hydrogens is 376 g/mol. The van der Waals surface area contributed by atoms with Crippen molar-refractivity contribution >= 4 is 17.6 Å². The summed E-state index contributed by atoms with van der Waals surface area (Å²) in [6.07, 6.45) is 3.20. The molecule has 1 aliphatic heterocycles. The van der Waals surface area contributed by atoms with E-state index in [9.17, 15) is 0 Å². The Morgan fingerprint density at radius 3 is 2.61 bits per heavy atom. The molecule has 1 unspecified atom stereocenters. The first-order chi connectivity index (χ1) is 13.6. The quantitative estimate of drug-likeness (QED) is 0.353. The molecule has 0 aromatic heterocycles. The minimum atomic E-state index is 0.235. The van der Waals surface area contributed by atoms with E-state index in [0.29, 0.717) is 5.92 Å². The molecule has 0 amide bonds. The van der Waals surface area contributed by atoms with Gasteiger partial charge in [-0.3, -0.25) is 4.99 Å². The lowest BCUT2D eigenvalue weighted by molar-refractivity contribution is 0.0203. The number of guanidine groups is 1. The summed E-state index contributed by atoms with van der Waals surface area (Å²) in [6, 6.07) is 8.24. The Hall–Kier alpha value is -1.34. The van der Waals surface area contributed by atoms with Gasteiger partial charge < -0.3 is 25.0 Å². The molecule has 1 saturated heterocycles. The van der Waals surface area contributed by atoms with Crippen molar-refractivity contribution in [3.8, 4) is 0 Å². The molecule has 0 saturated carbocycles. The number of hydrogen-bond acceptors (Lipinski definition) is 4. The van der Waals surface area contributed by atoms with Gasteiger partial charge in [-0.1, -0.05) is 23.7 Å². The molecule has 7 heteroatoms. The number of aliphatic imine (C=N–C) groups is 1. The van der Waals surface area contributed by atoms with Crippen LogP contribution in [0.5, 0.6) is 0 Å². The van der Waals surface area contributed by atoms with Crippen LogP contribution in [-0.2, 0) is 9.47 Å². The molecule has 1 aromatic carbocycles. The second-order valence-corrected chi connectivity index (χ2v) is 7.83. The van der Waals surface area contributed by atoms with E-state index in [1.54, 1.807) is 7.05 Å². The van der Waals surface area contributed by atoms with Crippen LogP contribution in [0.2, 0.25) is 5.02 Å². The van der Waals surface area contributed by atoms with Crippen LogP contribution in [-0.4, -0.2) is 71.5 Å². The molecule has 158 valence electrons. The van der Waals surface area contributed by atoms with Crippen molar-refractivity contribution in [1.29, 1.82) is 0 Å². The maximum Gasteiger partial charge on any atom is 0.191 e. The molecular formula is C21H35ClN4O2. The van der Waals surface area contributed by atoms with Gasteiger partial charge in [0.2, 0.25) is 0 Å². The number of hydrogen-bond donors (Lipinski definition) is 2. The van der Waals surface area contributed by atoms with Crippen molar-refractivity contribution in [2.24, 2.45) is 10.9 Å². The highest BCUT2D eigenvalue weighted by Gasteiger charge is 2.15. The smallest absolute Gasteiger partial charge is 0.191 e. The van der Waals surface area contributed by atoms with E-state index in [-0.39, 0.29) is 6.04 Å². The molecule has 0 aliphatic carbocycles. The van der Waals surface area contributed by atoms with Crippen LogP contribution in [0.3, 0.4) is 0 Å². The number of benzene rings is 1. The molecule has 0 spiro atoms. The van der Waals surface area contributed by atoms with Crippen molar-refractivity contribution in [1.82, 2.24) is 15.5 Å². The number of likely N-dealkylation sites (N-methyl/N-ethyl adjacent to an activating group) is 1. The predicted molar refractivity (Wildman–Crippen MR) is 116 cm³/mol. The second-order valence-electron chi connectivity index (χ2n) is 7.40. The Balaban J connectivity index is 1.64. The van der Waals surface area contributed by atoms with Gasteiger partial charge >= 0.3 is 0 Å². The lowest BCUT2D eigenvalue weighted by Gasteiger charge is -2.26. The van der Waals surface area contributed by atoms with E-state index in [0.717, 1.165) is 69.8 Å². The SMILES string of the molecule is CN=C(NCCCOCC1CCOCC1)NCC(c1ccc(Cl)cc1)N(C)C. The van der Waals surface area contributed by atoms with Crippen molar-refractivity contribution in [2.75, 3.05) is 60.7 Å². The molecule has 1 atom stereocenters. The fraction of sp³-hybridized carbons (Fsp3) is 0.667. The topological polar surface area (TPSA) is 58.1 Å². The van der Waals surface area contributed by atoms with Crippen LogP contribution in [0.25, 0.3) is 0 Å². The van der Waals surface area contributed by atoms with Gasteiger partial charge in [0.25, 0.3) is 0 Å². The third-order valence-corrected chi connectivity index (χ3v) is 5.27. The van der Waals surface area contributed by atoms with Gasteiger partial charge in [0.05, 0.1) is 6.04 Å². The standard InChI is InChI=1S/C21H35ClN4O2/c1-23-21(24-11-4-12-28-16-17-9-13-27-14-10-17)25-15-20(26(2)3)18-5-7-19(22)8-6-18/h5-8,17,20H,4,9-16H2,1-3H3,(H2,23,24,25). The van der Waals surface area contributed by atoms with Gasteiger partial charge in [-0.2, -0.15) is 0 Å². The maximum atomic E-state index is 6.01. The summed E-state index contributed by atoms with van der Waals surface area (Å²) in [7, 11) is 5.95. The molecule has 1 heterocycles. The summed E-state index contributed by atoms with van der Waals surface area (Å²) in [4.78, 5) is 6.51. The molecule has 0 bridgehead atoms. The molecule has 6 nitrogen and oxygen atoms in total. The van der Waals surface area contributed by atoms with E-state index in [4.69, 9.17) is 21.1 Å². The van der Waals surface area contributed by atoms with Crippen LogP contribution in [0.4, 0.5) is 0 Å². The zero-order chi connectivity index (χ0) is 20.2. The summed E-state index contributed by atoms with van der Waals surface area (Å²) >= 11 is 6.01. The van der Waals surface area contributed by atoms with Crippen LogP contribution in [0.15, 0.2) is 29.3 Å². The van der Waals surface area contributed by atoms with Crippen LogP contribution in [0, 0.1) is 5.92 Å². The van der Waals surface area contributed by atoms with E-state index in [2.05, 4.69) is 46.8 Å². The normalized spacial score (nSPS) is 17.0. The largest absolute Gasteiger partial charge is 0.381 e. The highest BCUT2D eigenvalue weighted by atomic mass is 35.5. The van der Waals surface area contributed by atoms with Gasteiger partial charge in [0, 0.05) is 51.6 Å². The van der Waals surface area contributed by atoms with Crippen LogP contribution < -0.4 is 10.6 Å². The monoisotopic (exact) mass is 410 g/mol. The molecule has 0 radical (unpaired) electrons. The lowest BCUT2D eigenvalue weighted by Crippen LogP contribution is -2.42. The second kappa shape index (κ2) is 13.0. The summed E-state index contributed by atoms with van der Waals surface area (Å²) in [5.41, 5.74) is 1.22. The minimum absolute atomic E-state index is 0.235. The first-order valence-electron chi connectivity index (χ1n) is 10.1. The first kappa shape index (κ1) is 22.9. The van der Waals surface area contributed by atoms with E-state index in [1.807, 2.05) is 12.1 Å². The Kier molecular flexibility index (Phi) is 10.6. The fourth-order valence-electron chi connectivity index (χ4n) is 3.24. The van der Waals surface area contributed by atoms with Crippen molar-refractivity contribution in [2.45, 2.75) is 25.3 Å². The molecule has 1 fully saturated rings. The van der Waals surface area contributed by atoms with Gasteiger partial charge in [0.15, 0.2) is 5.96 Å². The number of halogens is 1. The third kappa shape index (κ3) is 8.35. The molecule has 1 aliphatic rings. The van der Waals surface area contributed by atoms with Crippen molar-refractivity contribution in [3.05, 3.63) is 34.9 Å². The summed E-state index contributed by atoms with van der Waals surface area (Å²) in [6.45, 7) is 4.97. The number of nitrogens with one attached hydrogen (secondary N) is 2. The van der Waals surface area contributed by atoms with Gasteiger partial charge in [0.1, 0.15) is 0 Å². The summed E-state index contributed by atoms with van der Waals surface area (Å²) < 4.78 is 11.2. The highest BCUT2D eigenvalue weighted by molar-refractivity contribution is 6.30. The Morgan fingerprint density at radius 2 is 1.96 bits per heavy atom. The van der Waals surface area contributed by atoms with Gasteiger partial charge in [-0.15, -0.1) is 0 Å². The number of nitrogens with zero attached hydrogens (tertiary/aromatic N) is 2. The van der Waals surface area contributed by atoms with Gasteiger partial charge in [-0.25, -0.2) is 0 Å². The summed E-state index contributed by atoms with van der Waals surface area (Å²) in [5.74, 6) is 1.47. The highest BCUT2D eigenvalue weighted by Crippen LogP contribution is 2.19. The lowest BCUT2D eigenvalue weighted by atomic mass is 10.0. The molecule has 2 rings (SSSR count). The van der Waals surface area contributed by atoms with E-state index < -0.39 is 0 Å². The Labute approximate surface area is 174 Å². The molecule has 2 N–H and O–H groups in total. The zero-order valence-corrected chi connectivity index (χ0v) is 18.2. The zero-order valence-electron chi connectivity index (χ0n) is 17.4. The third-order valence-electron chi connectivity index (χ3n) is 5.02. The maximum absolute atomic E-state index is 6.01. The van der Waals surface area contributed by atoms with Crippen LogP contribution >= 0.6 is 11.6 Å². The fourth-order valence-corrected chi connectivity index (χ4v) is 3.37. The van der Waals surface area contributed by atoms with Gasteiger partial charge in [-0.05, 0) is 57.0 Å². The van der Waals surface area contributed by atoms with E-state index >= 15 is 0 Å².